The van der Waals surface area contributed by atoms with Crippen LogP contribution < -0.4 is 10.1 Å². The molecule has 0 aliphatic heterocycles. The van der Waals surface area contributed by atoms with Crippen molar-refractivity contribution in [2.24, 2.45) is 0 Å². The smallest absolute Gasteiger partial charge is 0.137 e. The first-order valence-corrected chi connectivity index (χ1v) is 5.69. The van der Waals surface area contributed by atoms with Crippen molar-refractivity contribution in [2.75, 3.05) is 20.2 Å². The Balaban J connectivity index is 2.45. The summed E-state index contributed by atoms with van der Waals surface area (Å²) in [5.74, 6) is 0.743. The van der Waals surface area contributed by atoms with Crippen molar-refractivity contribution in [3.63, 3.8) is 0 Å². The standard InChI is InChI=1S/C12H18ClNO/c1-3-14-8-4-5-10-6-7-12(15-2)11(13)9-10/h6-7,9,14H,3-5,8H2,1-2H3. The highest BCUT2D eigenvalue weighted by molar-refractivity contribution is 6.32. The lowest BCUT2D eigenvalue weighted by molar-refractivity contribution is 0.415. The molecule has 84 valence electrons. The number of ether oxygens (including phenoxy) is 1. The zero-order valence-corrected chi connectivity index (χ0v) is 10.1. The van der Waals surface area contributed by atoms with Crippen molar-refractivity contribution in [3.8, 4) is 5.75 Å². The van der Waals surface area contributed by atoms with E-state index in [2.05, 4.69) is 18.3 Å². The SMILES string of the molecule is CCNCCCc1ccc(OC)c(Cl)c1. The van der Waals surface area contributed by atoms with Gasteiger partial charge in [0.05, 0.1) is 12.1 Å². The van der Waals surface area contributed by atoms with Gasteiger partial charge in [-0.05, 0) is 43.6 Å². The van der Waals surface area contributed by atoms with Gasteiger partial charge in [0.25, 0.3) is 0 Å². The minimum absolute atomic E-state index is 0.693. The molecule has 0 spiro atoms. The summed E-state index contributed by atoms with van der Waals surface area (Å²) in [5.41, 5.74) is 1.26. The summed E-state index contributed by atoms with van der Waals surface area (Å²) in [7, 11) is 1.63. The van der Waals surface area contributed by atoms with Gasteiger partial charge < -0.3 is 10.1 Å². The zero-order chi connectivity index (χ0) is 11.1. The van der Waals surface area contributed by atoms with Gasteiger partial charge in [0.2, 0.25) is 0 Å². The second-order valence-electron chi connectivity index (χ2n) is 3.43. The van der Waals surface area contributed by atoms with E-state index < -0.39 is 0 Å². The largest absolute Gasteiger partial charge is 0.495 e. The predicted molar refractivity (Wildman–Crippen MR) is 64.9 cm³/mol. The molecule has 3 heteroatoms. The second kappa shape index (κ2) is 6.70. The second-order valence-corrected chi connectivity index (χ2v) is 3.83. The molecule has 0 aliphatic carbocycles. The number of hydrogen-bond donors (Lipinski definition) is 1. The van der Waals surface area contributed by atoms with Gasteiger partial charge in [-0.15, -0.1) is 0 Å². The van der Waals surface area contributed by atoms with E-state index in [1.54, 1.807) is 7.11 Å². The molecule has 0 radical (unpaired) electrons. The van der Waals surface area contributed by atoms with Crippen LogP contribution in [0, 0.1) is 0 Å². The maximum atomic E-state index is 6.03. The van der Waals surface area contributed by atoms with Gasteiger partial charge in [0.1, 0.15) is 5.75 Å². The molecule has 0 atom stereocenters. The Kier molecular flexibility index (Phi) is 5.51. The fraction of sp³-hybridized carbons (Fsp3) is 0.500. The molecule has 0 saturated carbocycles. The number of hydrogen-bond acceptors (Lipinski definition) is 2. The van der Waals surface area contributed by atoms with Crippen LogP contribution in [0.25, 0.3) is 0 Å². The highest BCUT2D eigenvalue weighted by Gasteiger charge is 2.01. The normalized spacial score (nSPS) is 10.3. The fourth-order valence-electron chi connectivity index (χ4n) is 1.46. The summed E-state index contributed by atoms with van der Waals surface area (Å²) in [6, 6.07) is 5.97. The number of rotatable bonds is 6. The van der Waals surface area contributed by atoms with E-state index in [1.165, 1.54) is 5.56 Å². The third-order valence-electron chi connectivity index (χ3n) is 2.29. The first kappa shape index (κ1) is 12.3. The van der Waals surface area contributed by atoms with E-state index in [9.17, 15) is 0 Å². The van der Waals surface area contributed by atoms with Crippen LogP contribution in [0.2, 0.25) is 5.02 Å². The topological polar surface area (TPSA) is 21.3 Å². The molecule has 15 heavy (non-hydrogen) atoms. The van der Waals surface area contributed by atoms with Crippen molar-refractivity contribution in [2.45, 2.75) is 19.8 Å². The summed E-state index contributed by atoms with van der Waals surface area (Å²) in [4.78, 5) is 0. The van der Waals surface area contributed by atoms with E-state index in [0.29, 0.717) is 5.02 Å². The molecule has 0 aliphatic rings. The molecular weight excluding hydrogens is 210 g/mol. The molecule has 1 aromatic rings. The lowest BCUT2D eigenvalue weighted by atomic mass is 10.1. The van der Waals surface area contributed by atoms with E-state index in [4.69, 9.17) is 16.3 Å². The zero-order valence-electron chi connectivity index (χ0n) is 9.35. The highest BCUT2D eigenvalue weighted by Crippen LogP contribution is 2.25. The van der Waals surface area contributed by atoms with Crippen LogP contribution in [-0.4, -0.2) is 20.2 Å². The van der Waals surface area contributed by atoms with Crippen LogP contribution >= 0.6 is 11.6 Å². The van der Waals surface area contributed by atoms with E-state index in [1.807, 2.05) is 12.1 Å². The number of aryl methyl sites for hydroxylation is 1. The Morgan fingerprint density at radius 2 is 2.20 bits per heavy atom. The van der Waals surface area contributed by atoms with Crippen LogP contribution in [0.1, 0.15) is 18.9 Å². The van der Waals surface area contributed by atoms with Crippen molar-refractivity contribution in [3.05, 3.63) is 28.8 Å². The number of halogens is 1. The quantitative estimate of drug-likeness (QED) is 0.755. The number of nitrogens with one attached hydrogen (secondary N) is 1. The molecule has 0 fully saturated rings. The van der Waals surface area contributed by atoms with Gasteiger partial charge in [-0.1, -0.05) is 24.6 Å². The van der Waals surface area contributed by atoms with Crippen LogP contribution in [0.3, 0.4) is 0 Å². The van der Waals surface area contributed by atoms with E-state index in [0.717, 1.165) is 31.7 Å². The van der Waals surface area contributed by atoms with Crippen LogP contribution in [0.4, 0.5) is 0 Å². The summed E-state index contributed by atoms with van der Waals surface area (Å²) in [6.45, 7) is 4.20. The Hall–Kier alpha value is -0.730. The third-order valence-corrected chi connectivity index (χ3v) is 2.58. The lowest BCUT2D eigenvalue weighted by Gasteiger charge is -2.06. The molecule has 0 aromatic heterocycles. The average molecular weight is 228 g/mol. The molecule has 1 aromatic carbocycles. The first-order valence-electron chi connectivity index (χ1n) is 5.31. The van der Waals surface area contributed by atoms with Gasteiger partial charge in [-0.25, -0.2) is 0 Å². The molecule has 0 amide bonds. The molecule has 1 N–H and O–H groups in total. The van der Waals surface area contributed by atoms with Crippen LogP contribution in [0.5, 0.6) is 5.75 Å². The van der Waals surface area contributed by atoms with Crippen LogP contribution in [0.15, 0.2) is 18.2 Å². The molecule has 0 heterocycles. The third kappa shape index (κ3) is 4.10. The van der Waals surface area contributed by atoms with Gasteiger partial charge in [-0.2, -0.15) is 0 Å². The highest BCUT2D eigenvalue weighted by atomic mass is 35.5. The van der Waals surface area contributed by atoms with Gasteiger partial charge >= 0.3 is 0 Å². The Morgan fingerprint density at radius 1 is 1.40 bits per heavy atom. The minimum atomic E-state index is 0.693. The van der Waals surface area contributed by atoms with E-state index >= 15 is 0 Å². The van der Waals surface area contributed by atoms with Crippen molar-refractivity contribution < 1.29 is 4.74 Å². The number of benzene rings is 1. The van der Waals surface area contributed by atoms with Crippen molar-refractivity contribution in [1.82, 2.24) is 5.32 Å². The van der Waals surface area contributed by atoms with Crippen molar-refractivity contribution >= 4 is 11.6 Å². The summed E-state index contributed by atoms with van der Waals surface area (Å²) in [6.07, 6.45) is 2.19. The molecule has 0 saturated heterocycles. The summed E-state index contributed by atoms with van der Waals surface area (Å²) in [5, 5.41) is 3.99. The maximum absolute atomic E-state index is 6.03. The summed E-state index contributed by atoms with van der Waals surface area (Å²) < 4.78 is 5.10. The monoisotopic (exact) mass is 227 g/mol. The Bertz CT molecular complexity index is 302. The molecule has 1 rings (SSSR count). The Morgan fingerprint density at radius 3 is 2.80 bits per heavy atom. The maximum Gasteiger partial charge on any atom is 0.137 e. The van der Waals surface area contributed by atoms with Gasteiger partial charge in [0, 0.05) is 0 Å². The number of methoxy groups -OCH3 is 1. The van der Waals surface area contributed by atoms with Gasteiger partial charge in [-0.3, -0.25) is 0 Å². The van der Waals surface area contributed by atoms with E-state index in [-0.39, 0.29) is 0 Å². The minimum Gasteiger partial charge on any atom is -0.495 e. The average Bonchev–Trinajstić information content (AvgIpc) is 2.25. The molecular formula is C12H18ClNO. The van der Waals surface area contributed by atoms with Gasteiger partial charge in [0.15, 0.2) is 0 Å². The molecule has 0 unspecified atom stereocenters. The lowest BCUT2D eigenvalue weighted by Crippen LogP contribution is -2.14. The Labute approximate surface area is 96.6 Å². The summed E-state index contributed by atoms with van der Waals surface area (Å²) >= 11 is 6.03. The predicted octanol–water partition coefficient (Wildman–Crippen LogP) is 2.89. The first-order chi connectivity index (χ1) is 7.27. The molecule has 2 nitrogen and oxygen atoms in total. The van der Waals surface area contributed by atoms with Crippen molar-refractivity contribution in [1.29, 1.82) is 0 Å². The molecule has 0 bridgehead atoms. The van der Waals surface area contributed by atoms with Crippen LogP contribution in [-0.2, 0) is 6.42 Å². The fourth-order valence-corrected chi connectivity index (χ4v) is 1.74.